The van der Waals surface area contributed by atoms with Crippen molar-refractivity contribution in [2.24, 2.45) is 0 Å². The molecule has 0 amide bonds. The first-order valence-corrected chi connectivity index (χ1v) is 9.26. The molecule has 0 unspecified atom stereocenters. The van der Waals surface area contributed by atoms with Crippen LogP contribution >= 0.6 is 11.3 Å². The minimum atomic E-state index is -0.810. The van der Waals surface area contributed by atoms with Crippen LogP contribution in [0.15, 0.2) is 66.1 Å². The van der Waals surface area contributed by atoms with Crippen LogP contribution in [0.2, 0.25) is 0 Å². The maximum absolute atomic E-state index is 12.7. The third kappa shape index (κ3) is 4.94. The van der Waals surface area contributed by atoms with Crippen LogP contribution in [0.4, 0.5) is 5.69 Å². The fourth-order valence-corrected chi connectivity index (χ4v) is 3.07. The predicted octanol–water partition coefficient (Wildman–Crippen LogP) is 4.78. The quantitative estimate of drug-likeness (QED) is 0.139. The molecule has 0 aliphatic carbocycles. The van der Waals surface area contributed by atoms with Gasteiger partial charge in [-0.25, -0.2) is 4.79 Å². The minimum Gasteiger partial charge on any atom is -0.497 e. The van der Waals surface area contributed by atoms with E-state index in [2.05, 4.69) is 0 Å². The van der Waals surface area contributed by atoms with Gasteiger partial charge in [-0.2, -0.15) is 0 Å². The largest absolute Gasteiger partial charge is 0.497 e. The summed E-state index contributed by atoms with van der Waals surface area (Å²) in [6, 6.07) is 13.4. The summed E-state index contributed by atoms with van der Waals surface area (Å²) in [6.45, 7) is 0. The molecule has 7 nitrogen and oxygen atoms in total. The van der Waals surface area contributed by atoms with E-state index in [0.29, 0.717) is 5.75 Å². The molecule has 2 aromatic carbocycles. The van der Waals surface area contributed by atoms with Gasteiger partial charge in [0, 0.05) is 17.0 Å². The summed E-state index contributed by atoms with van der Waals surface area (Å²) in [5, 5.41) is 12.8. The number of rotatable bonds is 7. The smallest absolute Gasteiger partial charge is 0.343 e. The number of methoxy groups -OCH3 is 1. The van der Waals surface area contributed by atoms with E-state index >= 15 is 0 Å². The third-order valence-electron chi connectivity index (χ3n) is 3.89. The monoisotopic (exact) mass is 409 g/mol. The molecule has 0 spiro atoms. The Balaban J connectivity index is 1.88. The molecule has 0 radical (unpaired) electrons. The van der Waals surface area contributed by atoms with Crippen LogP contribution in [0.1, 0.15) is 25.6 Å². The zero-order chi connectivity index (χ0) is 20.8. The summed E-state index contributed by atoms with van der Waals surface area (Å²) in [5.74, 6) is -0.731. The lowest BCUT2D eigenvalue weighted by Gasteiger charge is -2.10. The maximum Gasteiger partial charge on any atom is 0.343 e. The molecular weight excluding hydrogens is 394 g/mol. The summed E-state index contributed by atoms with van der Waals surface area (Å²) >= 11 is 1.48. The lowest BCUT2D eigenvalue weighted by atomic mass is 10.1. The number of carbonyl (C=O) groups excluding carboxylic acids is 2. The van der Waals surface area contributed by atoms with Crippen molar-refractivity contribution in [3.05, 3.63) is 92.2 Å². The minimum absolute atomic E-state index is 0.00236. The number of nitrogens with zero attached hydrogens (tertiary/aromatic N) is 1. The second kappa shape index (κ2) is 8.94. The van der Waals surface area contributed by atoms with E-state index in [1.54, 1.807) is 12.1 Å². The van der Waals surface area contributed by atoms with Gasteiger partial charge in [-0.15, -0.1) is 11.3 Å². The molecular formula is C21H15NO6S. The second-order valence-corrected chi connectivity index (χ2v) is 6.75. The Hall–Kier alpha value is -3.78. The van der Waals surface area contributed by atoms with Crippen molar-refractivity contribution in [2.75, 3.05) is 7.11 Å². The van der Waals surface area contributed by atoms with Crippen LogP contribution in [0.3, 0.4) is 0 Å². The molecule has 29 heavy (non-hydrogen) atoms. The van der Waals surface area contributed by atoms with Gasteiger partial charge in [0.15, 0.2) is 5.78 Å². The highest BCUT2D eigenvalue weighted by molar-refractivity contribution is 7.10. The molecule has 3 aromatic rings. The van der Waals surface area contributed by atoms with Gasteiger partial charge in [0.1, 0.15) is 11.5 Å². The number of ether oxygens (including phenoxy) is 2. The van der Waals surface area contributed by atoms with E-state index in [1.165, 1.54) is 54.9 Å². The van der Waals surface area contributed by atoms with Crippen LogP contribution in [0.5, 0.6) is 11.5 Å². The Kier molecular flexibility index (Phi) is 6.16. The number of nitro benzene ring substituents is 1. The Bertz CT molecular complexity index is 1090. The van der Waals surface area contributed by atoms with E-state index in [1.807, 2.05) is 17.5 Å². The molecule has 3 rings (SSSR count). The van der Waals surface area contributed by atoms with Gasteiger partial charge in [0.05, 0.1) is 23.2 Å². The molecule has 0 aliphatic rings. The van der Waals surface area contributed by atoms with Gasteiger partial charge >= 0.3 is 5.97 Å². The van der Waals surface area contributed by atoms with Gasteiger partial charge in [0.25, 0.3) is 5.69 Å². The first kappa shape index (κ1) is 20.0. The van der Waals surface area contributed by atoms with Gasteiger partial charge in [-0.05, 0) is 47.9 Å². The van der Waals surface area contributed by atoms with Crippen LogP contribution in [-0.2, 0) is 0 Å². The molecule has 0 N–H and O–H groups in total. The first-order chi connectivity index (χ1) is 14.0. The van der Waals surface area contributed by atoms with Gasteiger partial charge in [-0.1, -0.05) is 12.1 Å². The summed E-state index contributed by atoms with van der Waals surface area (Å²) in [7, 11) is 1.46. The molecule has 0 saturated heterocycles. The van der Waals surface area contributed by atoms with Crippen LogP contribution in [0.25, 0.3) is 6.08 Å². The van der Waals surface area contributed by atoms with Crippen LogP contribution < -0.4 is 9.47 Å². The van der Waals surface area contributed by atoms with Crippen molar-refractivity contribution in [3.63, 3.8) is 0 Å². The zero-order valence-electron chi connectivity index (χ0n) is 15.2. The summed E-state index contributed by atoms with van der Waals surface area (Å²) in [5.41, 5.74) is -0.0946. The highest BCUT2D eigenvalue weighted by Gasteiger charge is 2.18. The van der Waals surface area contributed by atoms with Crippen molar-refractivity contribution in [1.29, 1.82) is 0 Å². The zero-order valence-corrected chi connectivity index (χ0v) is 16.0. The highest BCUT2D eigenvalue weighted by atomic mass is 32.1. The van der Waals surface area contributed by atoms with Crippen molar-refractivity contribution >= 4 is 34.9 Å². The average molecular weight is 409 g/mol. The fraction of sp³-hybridized carbons (Fsp3) is 0.0476. The summed E-state index contributed by atoms with van der Waals surface area (Å²) in [6.07, 6.45) is 3.05. The number of hydrogen-bond acceptors (Lipinski definition) is 7. The maximum atomic E-state index is 12.7. The molecule has 0 saturated carbocycles. The van der Waals surface area contributed by atoms with Gasteiger partial charge in [-0.3, -0.25) is 14.9 Å². The van der Waals surface area contributed by atoms with Gasteiger partial charge in [0.2, 0.25) is 0 Å². The van der Waals surface area contributed by atoms with Crippen molar-refractivity contribution in [3.8, 4) is 11.5 Å². The molecule has 0 atom stereocenters. The predicted molar refractivity (Wildman–Crippen MR) is 109 cm³/mol. The number of esters is 1. The third-order valence-corrected chi connectivity index (χ3v) is 4.73. The number of carbonyl (C=O) groups is 2. The van der Waals surface area contributed by atoms with E-state index in [0.717, 1.165) is 10.9 Å². The fourth-order valence-electron chi connectivity index (χ4n) is 2.46. The standard InChI is InChI=1S/C21H15NO6S/c1-27-16-7-10-20(18(13-16)19(23)9-8-17-6-3-11-29-17)28-21(24)14-4-2-5-15(12-14)22(25)26/h2-13H,1H3. The lowest BCUT2D eigenvalue weighted by molar-refractivity contribution is -0.384. The molecule has 0 bridgehead atoms. The number of benzene rings is 2. The second-order valence-electron chi connectivity index (χ2n) is 5.77. The van der Waals surface area contributed by atoms with E-state index in [9.17, 15) is 19.7 Å². The Labute approximate surface area is 170 Å². The Morgan fingerprint density at radius 1 is 1.10 bits per heavy atom. The van der Waals surface area contributed by atoms with Gasteiger partial charge < -0.3 is 9.47 Å². The molecule has 146 valence electrons. The normalized spacial score (nSPS) is 10.7. The number of hydrogen-bond donors (Lipinski definition) is 0. The number of non-ortho nitro benzene ring substituents is 1. The van der Waals surface area contributed by atoms with Crippen LogP contribution in [0, 0.1) is 10.1 Å². The van der Waals surface area contributed by atoms with E-state index < -0.39 is 10.9 Å². The molecule has 1 aromatic heterocycles. The Morgan fingerprint density at radius 3 is 2.62 bits per heavy atom. The van der Waals surface area contributed by atoms with Crippen molar-refractivity contribution in [1.82, 2.24) is 0 Å². The SMILES string of the molecule is COc1ccc(OC(=O)c2cccc([N+](=O)[O-])c2)c(C(=O)C=Cc2cccs2)c1. The Morgan fingerprint density at radius 2 is 1.93 bits per heavy atom. The van der Waals surface area contributed by atoms with E-state index in [-0.39, 0.29) is 28.3 Å². The van der Waals surface area contributed by atoms with E-state index in [4.69, 9.17) is 9.47 Å². The number of ketones is 1. The molecule has 0 fully saturated rings. The first-order valence-electron chi connectivity index (χ1n) is 8.38. The van der Waals surface area contributed by atoms with Crippen molar-refractivity contribution in [2.45, 2.75) is 0 Å². The number of thiophene rings is 1. The molecule has 1 heterocycles. The summed E-state index contributed by atoms with van der Waals surface area (Å²) in [4.78, 5) is 36.3. The number of nitro groups is 1. The lowest BCUT2D eigenvalue weighted by Crippen LogP contribution is -2.11. The molecule has 0 aliphatic heterocycles. The van der Waals surface area contributed by atoms with Crippen LogP contribution in [-0.4, -0.2) is 23.8 Å². The topological polar surface area (TPSA) is 95.7 Å². The summed E-state index contributed by atoms with van der Waals surface area (Å²) < 4.78 is 10.5. The average Bonchev–Trinajstić information content (AvgIpc) is 3.26. The highest BCUT2D eigenvalue weighted by Crippen LogP contribution is 2.27. The molecule has 8 heteroatoms. The van der Waals surface area contributed by atoms with Crippen molar-refractivity contribution < 1.29 is 24.0 Å². The number of allylic oxidation sites excluding steroid dienone is 1.